The van der Waals surface area contributed by atoms with Gasteiger partial charge in [-0.15, -0.1) is 0 Å². The number of nitrogens with two attached hydrogens (primary N) is 1. The number of hydrogen-bond donors (Lipinski definition) is 2. The highest BCUT2D eigenvalue weighted by atomic mass is 79.9. The van der Waals surface area contributed by atoms with E-state index in [-0.39, 0.29) is 16.6 Å². The summed E-state index contributed by atoms with van der Waals surface area (Å²) in [6.45, 7) is 2.66. The highest BCUT2D eigenvalue weighted by molar-refractivity contribution is 9.10. The second-order valence-electron chi connectivity index (χ2n) is 4.80. The van der Waals surface area contributed by atoms with Crippen LogP contribution < -0.4 is 10.5 Å². The first-order valence-electron chi connectivity index (χ1n) is 5.94. The predicted octanol–water partition coefficient (Wildman–Crippen LogP) is 1.65. The number of hydrogen-bond acceptors (Lipinski definition) is 4. The zero-order valence-corrected chi connectivity index (χ0v) is 13.8. The van der Waals surface area contributed by atoms with Crippen molar-refractivity contribution >= 4 is 31.6 Å². The summed E-state index contributed by atoms with van der Waals surface area (Å²) in [4.78, 5) is 2.12. The molecule has 0 amide bonds. The Hall–Kier alpha value is -0.630. The number of halogens is 1. The minimum atomic E-state index is -3.58. The Bertz CT molecular complexity index is 532. The van der Waals surface area contributed by atoms with Gasteiger partial charge in [0.1, 0.15) is 4.90 Å². The van der Waals surface area contributed by atoms with Crippen molar-refractivity contribution < 1.29 is 8.42 Å². The summed E-state index contributed by atoms with van der Waals surface area (Å²) in [5.41, 5.74) is 5.97. The third-order valence-electron chi connectivity index (χ3n) is 2.63. The monoisotopic (exact) mass is 349 g/mol. The van der Waals surface area contributed by atoms with Crippen LogP contribution in [-0.2, 0) is 10.0 Å². The van der Waals surface area contributed by atoms with E-state index in [9.17, 15) is 8.42 Å². The van der Waals surface area contributed by atoms with E-state index in [1.165, 1.54) is 6.07 Å². The fourth-order valence-electron chi connectivity index (χ4n) is 1.58. The highest BCUT2D eigenvalue weighted by Gasteiger charge is 2.20. The summed E-state index contributed by atoms with van der Waals surface area (Å²) >= 11 is 3.25. The number of anilines is 1. The lowest BCUT2D eigenvalue weighted by Crippen LogP contribution is -2.35. The molecule has 0 spiro atoms. The van der Waals surface area contributed by atoms with Crippen LogP contribution in [-0.4, -0.2) is 40.0 Å². The molecule has 0 saturated heterocycles. The van der Waals surface area contributed by atoms with Crippen LogP contribution in [0.1, 0.15) is 13.3 Å². The molecular weight excluding hydrogens is 330 g/mol. The zero-order chi connectivity index (χ0) is 14.6. The number of benzene rings is 1. The fourth-order valence-corrected chi connectivity index (χ4v) is 3.53. The van der Waals surface area contributed by atoms with Gasteiger partial charge in [0, 0.05) is 10.5 Å². The molecule has 0 aromatic heterocycles. The lowest BCUT2D eigenvalue weighted by atomic mass is 10.2. The summed E-state index contributed by atoms with van der Waals surface area (Å²) in [7, 11) is 0.320. The molecule has 0 aliphatic carbocycles. The molecule has 1 rings (SSSR count). The topological polar surface area (TPSA) is 75.4 Å². The molecule has 108 valence electrons. The maximum absolute atomic E-state index is 12.2. The molecule has 3 N–H and O–H groups in total. The van der Waals surface area contributed by atoms with E-state index in [2.05, 4.69) is 20.7 Å². The molecule has 0 bridgehead atoms. The Morgan fingerprint density at radius 2 is 2.05 bits per heavy atom. The van der Waals surface area contributed by atoms with E-state index in [1.54, 1.807) is 12.1 Å². The second kappa shape index (κ2) is 6.69. The molecule has 1 atom stereocenters. The molecule has 0 heterocycles. The Balaban J connectivity index is 2.83. The van der Waals surface area contributed by atoms with E-state index >= 15 is 0 Å². The molecular formula is C12H20BrN3O2S. The summed E-state index contributed by atoms with van der Waals surface area (Å²) in [5.74, 6) is 0. The molecule has 5 nitrogen and oxygen atoms in total. The van der Waals surface area contributed by atoms with E-state index in [0.717, 1.165) is 13.0 Å². The maximum atomic E-state index is 12.2. The smallest absolute Gasteiger partial charge is 0.242 e. The lowest BCUT2D eigenvalue weighted by Gasteiger charge is -2.17. The van der Waals surface area contributed by atoms with Crippen LogP contribution in [0.4, 0.5) is 5.69 Å². The molecule has 19 heavy (non-hydrogen) atoms. The molecule has 0 aliphatic heterocycles. The second-order valence-corrected chi connectivity index (χ2v) is 7.39. The molecule has 1 aromatic carbocycles. The van der Waals surface area contributed by atoms with Gasteiger partial charge in [0.2, 0.25) is 10.0 Å². The van der Waals surface area contributed by atoms with Crippen molar-refractivity contribution in [1.29, 1.82) is 0 Å². The van der Waals surface area contributed by atoms with Gasteiger partial charge in [-0.05, 0) is 52.2 Å². The fraction of sp³-hybridized carbons (Fsp3) is 0.500. The van der Waals surface area contributed by atoms with Crippen molar-refractivity contribution in [2.24, 2.45) is 0 Å². The van der Waals surface area contributed by atoms with Crippen LogP contribution in [0, 0.1) is 0 Å². The van der Waals surface area contributed by atoms with Crippen molar-refractivity contribution in [3.8, 4) is 0 Å². The van der Waals surface area contributed by atoms with E-state index < -0.39 is 10.0 Å². The van der Waals surface area contributed by atoms with Gasteiger partial charge in [-0.3, -0.25) is 0 Å². The van der Waals surface area contributed by atoms with E-state index in [0.29, 0.717) is 4.47 Å². The number of nitrogens with one attached hydrogen (secondary N) is 1. The largest absolute Gasteiger partial charge is 0.398 e. The summed E-state index contributed by atoms with van der Waals surface area (Å²) in [6, 6.07) is 4.65. The van der Waals surface area contributed by atoms with Gasteiger partial charge in [-0.25, -0.2) is 13.1 Å². The molecule has 0 fully saturated rings. The van der Waals surface area contributed by atoms with Crippen LogP contribution in [0.2, 0.25) is 0 Å². The number of rotatable bonds is 6. The normalized spacial score (nSPS) is 13.7. The lowest BCUT2D eigenvalue weighted by molar-refractivity contribution is 0.379. The first kappa shape index (κ1) is 16.4. The maximum Gasteiger partial charge on any atom is 0.242 e. The van der Waals surface area contributed by atoms with Crippen molar-refractivity contribution in [2.75, 3.05) is 26.4 Å². The zero-order valence-electron chi connectivity index (χ0n) is 11.4. The van der Waals surface area contributed by atoms with Crippen molar-refractivity contribution in [1.82, 2.24) is 9.62 Å². The van der Waals surface area contributed by atoms with Crippen molar-refractivity contribution in [3.63, 3.8) is 0 Å². The standard InChI is InChI=1S/C12H20BrN3O2S/c1-9(6-7-16(2)3)15-19(17,18)12-8-10(13)4-5-11(12)14/h4-5,8-9,15H,6-7,14H2,1-3H3. The van der Waals surface area contributed by atoms with E-state index in [1.807, 2.05) is 25.9 Å². The van der Waals surface area contributed by atoms with Crippen LogP contribution in [0.25, 0.3) is 0 Å². The Labute approximate surface area is 123 Å². The van der Waals surface area contributed by atoms with Crippen LogP contribution in [0.3, 0.4) is 0 Å². The predicted molar refractivity (Wildman–Crippen MR) is 81.5 cm³/mol. The quantitative estimate of drug-likeness (QED) is 0.765. The van der Waals surface area contributed by atoms with E-state index in [4.69, 9.17) is 5.73 Å². The highest BCUT2D eigenvalue weighted by Crippen LogP contribution is 2.23. The Morgan fingerprint density at radius 1 is 1.42 bits per heavy atom. The Morgan fingerprint density at radius 3 is 2.63 bits per heavy atom. The van der Waals surface area contributed by atoms with Crippen LogP contribution >= 0.6 is 15.9 Å². The first-order chi connectivity index (χ1) is 8.72. The van der Waals surface area contributed by atoms with Crippen molar-refractivity contribution in [3.05, 3.63) is 22.7 Å². The molecule has 0 radical (unpaired) electrons. The van der Waals surface area contributed by atoms with Gasteiger partial charge in [0.25, 0.3) is 0 Å². The molecule has 7 heteroatoms. The molecule has 1 unspecified atom stereocenters. The number of nitrogen functional groups attached to an aromatic ring is 1. The minimum absolute atomic E-state index is 0.110. The first-order valence-corrected chi connectivity index (χ1v) is 8.22. The number of sulfonamides is 1. The van der Waals surface area contributed by atoms with Gasteiger partial charge in [-0.1, -0.05) is 15.9 Å². The summed E-state index contributed by atoms with van der Waals surface area (Å²) < 4.78 is 27.8. The average molecular weight is 350 g/mol. The van der Waals surface area contributed by atoms with Crippen molar-refractivity contribution in [2.45, 2.75) is 24.3 Å². The van der Waals surface area contributed by atoms with Gasteiger partial charge in [0.05, 0.1) is 5.69 Å². The molecule has 0 saturated carbocycles. The summed E-state index contributed by atoms with van der Waals surface area (Å²) in [5, 5.41) is 0. The number of nitrogens with zero attached hydrogens (tertiary/aromatic N) is 1. The van der Waals surface area contributed by atoms with Gasteiger partial charge < -0.3 is 10.6 Å². The van der Waals surface area contributed by atoms with Gasteiger partial charge >= 0.3 is 0 Å². The third kappa shape index (κ3) is 5.10. The Kier molecular flexibility index (Phi) is 5.79. The van der Waals surface area contributed by atoms with Gasteiger partial charge in [0.15, 0.2) is 0 Å². The minimum Gasteiger partial charge on any atom is -0.398 e. The molecule has 1 aromatic rings. The summed E-state index contributed by atoms with van der Waals surface area (Å²) in [6.07, 6.45) is 0.736. The molecule has 0 aliphatic rings. The van der Waals surface area contributed by atoms with Crippen LogP contribution in [0.5, 0.6) is 0 Å². The average Bonchev–Trinajstić information content (AvgIpc) is 2.29. The SMILES string of the molecule is CC(CCN(C)C)NS(=O)(=O)c1cc(Br)ccc1N. The van der Waals surface area contributed by atoms with Gasteiger partial charge in [-0.2, -0.15) is 0 Å². The van der Waals surface area contributed by atoms with Crippen LogP contribution in [0.15, 0.2) is 27.6 Å². The third-order valence-corrected chi connectivity index (χ3v) is 4.77.